The lowest BCUT2D eigenvalue weighted by molar-refractivity contribution is 0.0398. The summed E-state index contributed by atoms with van der Waals surface area (Å²) in [5, 5.41) is 9.68. The van der Waals surface area contributed by atoms with Gasteiger partial charge in [0.05, 0.1) is 11.5 Å². The third-order valence-corrected chi connectivity index (χ3v) is 5.66. The highest BCUT2D eigenvalue weighted by Crippen LogP contribution is 2.61. The number of halogens is 1. The Morgan fingerprint density at radius 1 is 0.947 bits per heavy atom. The van der Waals surface area contributed by atoms with E-state index in [4.69, 9.17) is 0 Å². The smallest absolute Gasteiger partial charge is 0.0833 e. The molecule has 0 aliphatic heterocycles. The van der Waals surface area contributed by atoms with Crippen molar-refractivity contribution in [2.45, 2.75) is 56.8 Å². The van der Waals surface area contributed by atoms with E-state index in [1.54, 1.807) is 0 Å². The first kappa shape index (κ1) is 13.2. The number of rotatable bonds is 1. The summed E-state index contributed by atoms with van der Waals surface area (Å²) in [5.41, 5.74) is 1.50. The van der Waals surface area contributed by atoms with Crippen molar-refractivity contribution in [1.29, 1.82) is 5.26 Å². The van der Waals surface area contributed by atoms with Crippen LogP contribution in [0.5, 0.6) is 0 Å². The minimum absolute atomic E-state index is 0.203. The predicted octanol–water partition coefficient (Wildman–Crippen LogP) is 5.34. The number of hydrogen-bond acceptors (Lipinski definition) is 1. The minimum atomic E-state index is -0.203. The van der Waals surface area contributed by atoms with Crippen molar-refractivity contribution in [3.05, 3.63) is 34.3 Å². The molecule has 0 unspecified atom stereocenters. The van der Waals surface area contributed by atoms with Crippen LogP contribution in [0.3, 0.4) is 0 Å². The summed E-state index contributed by atoms with van der Waals surface area (Å²) in [4.78, 5) is 0. The van der Waals surface area contributed by atoms with Crippen LogP contribution in [0.1, 0.15) is 56.9 Å². The molecule has 1 aromatic carbocycles. The van der Waals surface area contributed by atoms with E-state index in [1.807, 2.05) is 0 Å². The van der Waals surface area contributed by atoms with E-state index in [-0.39, 0.29) is 5.41 Å². The van der Waals surface area contributed by atoms with Crippen molar-refractivity contribution < 1.29 is 0 Å². The summed E-state index contributed by atoms with van der Waals surface area (Å²) in [7, 11) is 0. The number of hydrogen-bond donors (Lipinski definition) is 0. The fourth-order valence-electron chi connectivity index (χ4n) is 4.18. The summed E-state index contributed by atoms with van der Waals surface area (Å²) in [6, 6.07) is 11.0. The Hall–Kier alpha value is -0.810. The Bertz CT molecular complexity index is 481. The van der Waals surface area contributed by atoms with Gasteiger partial charge in [0, 0.05) is 4.47 Å². The molecule has 1 nitrogen and oxygen atoms in total. The highest BCUT2D eigenvalue weighted by atomic mass is 79.9. The molecule has 2 saturated carbocycles. The molecule has 0 heterocycles. The van der Waals surface area contributed by atoms with Gasteiger partial charge in [-0.05, 0) is 48.8 Å². The van der Waals surface area contributed by atoms with Crippen LogP contribution in [-0.2, 0) is 5.41 Å². The van der Waals surface area contributed by atoms with Gasteiger partial charge in [0.1, 0.15) is 0 Å². The Morgan fingerprint density at radius 2 is 1.53 bits per heavy atom. The molecule has 3 rings (SSSR count). The Morgan fingerprint density at radius 3 is 2.05 bits per heavy atom. The molecule has 0 saturated heterocycles. The Kier molecular flexibility index (Phi) is 3.43. The quantitative estimate of drug-likeness (QED) is 0.685. The summed E-state index contributed by atoms with van der Waals surface area (Å²) in [6.07, 6.45) is 10.3. The molecule has 0 atom stereocenters. The van der Waals surface area contributed by atoms with E-state index in [0.717, 1.165) is 17.3 Å². The molecule has 2 heteroatoms. The topological polar surface area (TPSA) is 23.8 Å². The molecular weight excluding hydrogens is 298 g/mol. The van der Waals surface area contributed by atoms with Crippen LogP contribution in [-0.4, -0.2) is 0 Å². The fraction of sp³-hybridized carbons (Fsp3) is 0.588. The van der Waals surface area contributed by atoms with Crippen LogP contribution >= 0.6 is 15.9 Å². The van der Waals surface area contributed by atoms with Crippen molar-refractivity contribution in [2.24, 2.45) is 5.41 Å². The monoisotopic (exact) mass is 317 g/mol. The van der Waals surface area contributed by atoms with Crippen LogP contribution in [0.2, 0.25) is 0 Å². The van der Waals surface area contributed by atoms with Crippen molar-refractivity contribution >= 4 is 15.9 Å². The predicted molar refractivity (Wildman–Crippen MR) is 80.8 cm³/mol. The van der Waals surface area contributed by atoms with Gasteiger partial charge in [-0.25, -0.2) is 0 Å². The molecule has 0 amide bonds. The van der Waals surface area contributed by atoms with Crippen LogP contribution in [0.4, 0.5) is 0 Å². The number of nitriles is 1. The van der Waals surface area contributed by atoms with Gasteiger partial charge in [-0.15, -0.1) is 0 Å². The van der Waals surface area contributed by atoms with Crippen LogP contribution in [0, 0.1) is 16.7 Å². The standard InChI is InChI=1S/C17H20BrN/c18-15-7-5-14(6-8-15)17(13-19)11-16(12-17)9-3-1-2-4-10-16/h5-8H,1-4,9-12H2. The van der Waals surface area contributed by atoms with Crippen LogP contribution < -0.4 is 0 Å². The zero-order valence-electron chi connectivity index (χ0n) is 11.3. The van der Waals surface area contributed by atoms with Gasteiger partial charge in [0.25, 0.3) is 0 Å². The molecule has 2 aliphatic rings. The van der Waals surface area contributed by atoms with Gasteiger partial charge in [0.2, 0.25) is 0 Å². The van der Waals surface area contributed by atoms with E-state index in [0.29, 0.717) is 5.41 Å². The zero-order chi connectivity index (χ0) is 13.3. The first-order chi connectivity index (χ1) is 9.18. The van der Waals surface area contributed by atoms with Gasteiger partial charge in [-0.2, -0.15) is 5.26 Å². The molecule has 100 valence electrons. The van der Waals surface area contributed by atoms with E-state index in [2.05, 4.69) is 46.3 Å². The molecular formula is C17H20BrN. The molecule has 2 fully saturated rings. The average molecular weight is 318 g/mol. The molecule has 0 aromatic heterocycles. The first-order valence-electron chi connectivity index (χ1n) is 7.36. The summed E-state index contributed by atoms with van der Waals surface area (Å²) >= 11 is 3.47. The average Bonchev–Trinajstić information content (AvgIpc) is 2.63. The first-order valence-corrected chi connectivity index (χ1v) is 8.15. The molecule has 0 radical (unpaired) electrons. The van der Waals surface area contributed by atoms with Crippen molar-refractivity contribution in [1.82, 2.24) is 0 Å². The Labute approximate surface area is 124 Å². The second-order valence-electron chi connectivity index (χ2n) is 6.47. The maximum absolute atomic E-state index is 9.68. The number of benzene rings is 1. The molecule has 2 aliphatic carbocycles. The second-order valence-corrected chi connectivity index (χ2v) is 7.38. The summed E-state index contributed by atoms with van der Waals surface area (Å²) in [6.45, 7) is 0. The molecule has 1 spiro atoms. The highest BCUT2D eigenvalue weighted by molar-refractivity contribution is 9.10. The zero-order valence-corrected chi connectivity index (χ0v) is 12.9. The molecule has 1 aromatic rings. The molecule has 0 bridgehead atoms. The largest absolute Gasteiger partial charge is 0.197 e. The minimum Gasteiger partial charge on any atom is -0.197 e. The lowest BCUT2D eigenvalue weighted by atomic mass is 9.49. The van der Waals surface area contributed by atoms with Crippen molar-refractivity contribution in [3.8, 4) is 6.07 Å². The van der Waals surface area contributed by atoms with Gasteiger partial charge >= 0.3 is 0 Å². The maximum Gasteiger partial charge on any atom is 0.0833 e. The fourth-order valence-corrected chi connectivity index (χ4v) is 4.44. The maximum atomic E-state index is 9.68. The van der Waals surface area contributed by atoms with Crippen LogP contribution in [0.25, 0.3) is 0 Å². The molecule has 0 N–H and O–H groups in total. The van der Waals surface area contributed by atoms with E-state index in [1.165, 1.54) is 44.1 Å². The van der Waals surface area contributed by atoms with Gasteiger partial charge in [0.15, 0.2) is 0 Å². The van der Waals surface area contributed by atoms with E-state index < -0.39 is 0 Å². The van der Waals surface area contributed by atoms with Gasteiger partial charge < -0.3 is 0 Å². The normalized spacial score (nSPS) is 24.2. The third-order valence-electron chi connectivity index (χ3n) is 5.13. The lowest BCUT2D eigenvalue weighted by Crippen LogP contribution is -2.48. The van der Waals surface area contributed by atoms with E-state index >= 15 is 0 Å². The highest BCUT2D eigenvalue weighted by Gasteiger charge is 2.55. The number of nitrogens with zero attached hydrogens (tertiary/aromatic N) is 1. The Balaban J connectivity index is 1.81. The van der Waals surface area contributed by atoms with E-state index in [9.17, 15) is 5.26 Å². The third kappa shape index (κ3) is 2.34. The lowest BCUT2D eigenvalue weighted by Gasteiger charge is -2.53. The SMILES string of the molecule is N#CC1(c2ccc(Br)cc2)CC2(CCCCCC2)C1. The second kappa shape index (κ2) is 4.94. The van der Waals surface area contributed by atoms with Gasteiger partial charge in [-0.1, -0.05) is 53.7 Å². The molecule has 19 heavy (non-hydrogen) atoms. The van der Waals surface area contributed by atoms with Crippen LogP contribution in [0.15, 0.2) is 28.7 Å². The summed E-state index contributed by atoms with van der Waals surface area (Å²) < 4.78 is 1.09. The van der Waals surface area contributed by atoms with Crippen molar-refractivity contribution in [3.63, 3.8) is 0 Å². The van der Waals surface area contributed by atoms with Gasteiger partial charge in [-0.3, -0.25) is 0 Å². The summed E-state index contributed by atoms with van der Waals surface area (Å²) in [5.74, 6) is 0. The van der Waals surface area contributed by atoms with Crippen molar-refractivity contribution in [2.75, 3.05) is 0 Å².